The predicted octanol–water partition coefficient (Wildman–Crippen LogP) is 2.64. The van der Waals surface area contributed by atoms with Crippen molar-refractivity contribution in [2.45, 2.75) is 18.7 Å². The molecular formula is C10H9ClN2O2. The first kappa shape index (κ1) is 11.5. The minimum atomic E-state index is -0.563. The van der Waals surface area contributed by atoms with Crippen molar-refractivity contribution in [3.63, 3.8) is 0 Å². The van der Waals surface area contributed by atoms with Crippen molar-refractivity contribution in [2.24, 2.45) is 0 Å². The monoisotopic (exact) mass is 224 g/mol. The summed E-state index contributed by atoms with van der Waals surface area (Å²) >= 11 is 5.79. The van der Waals surface area contributed by atoms with Crippen LogP contribution in [0.1, 0.15) is 18.1 Å². The molecule has 0 saturated heterocycles. The Balaban J connectivity index is 3.09. The summed E-state index contributed by atoms with van der Waals surface area (Å²) in [6, 6.07) is 6.28. The van der Waals surface area contributed by atoms with E-state index in [1.165, 1.54) is 12.1 Å². The van der Waals surface area contributed by atoms with E-state index in [9.17, 15) is 10.1 Å². The molecule has 5 heteroatoms. The zero-order valence-corrected chi connectivity index (χ0v) is 8.86. The average molecular weight is 225 g/mol. The summed E-state index contributed by atoms with van der Waals surface area (Å²) in [5.41, 5.74) is 0.748. The third-order valence-electron chi connectivity index (χ3n) is 1.90. The maximum absolute atomic E-state index is 10.5. The smallest absolute Gasteiger partial charge is 0.258 e. The molecule has 0 radical (unpaired) electrons. The molecule has 1 aromatic rings. The molecule has 1 atom stereocenters. The SMILES string of the molecule is CC(Cl)Cc1ccc([N+](=O)[O-])c(C#N)c1. The van der Waals surface area contributed by atoms with E-state index in [0.29, 0.717) is 6.42 Å². The van der Waals surface area contributed by atoms with Crippen LogP contribution in [0.5, 0.6) is 0 Å². The first-order chi connectivity index (χ1) is 7.04. The molecule has 1 rings (SSSR count). The Morgan fingerprint density at radius 1 is 1.67 bits per heavy atom. The summed E-state index contributed by atoms with van der Waals surface area (Å²) < 4.78 is 0. The van der Waals surface area contributed by atoms with Gasteiger partial charge in [0.2, 0.25) is 0 Å². The zero-order valence-electron chi connectivity index (χ0n) is 8.11. The lowest BCUT2D eigenvalue weighted by molar-refractivity contribution is -0.385. The van der Waals surface area contributed by atoms with Crippen molar-refractivity contribution in [1.82, 2.24) is 0 Å². The minimum absolute atomic E-state index is 0.0574. The first-order valence-corrected chi connectivity index (χ1v) is 4.79. The maximum atomic E-state index is 10.5. The van der Waals surface area contributed by atoms with E-state index >= 15 is 0 Å². The summed E-state index contributed by atoms with van der Waals surface area (Å²) in [7, 11) is 0. The van der Waals surface area contributed by atoms with Crippen molar-refractivity contribution >= 4 is 17.3 Å². The van der Waals surface area contributed by atoms with Gasteiger partial charge >= 0.3 is 0 Å². The number of hydrogen-bond acceptors (Lipinski definition) is 3. The summed E-state index contributed by atoms with van der Waals surface area (Å²) in [5, 5.41) is 19.2. The highest BCUT2D eigenvalue weighted by Crippen LogP contribution is 2.20. The van der Waals surface area contributed by atoms with Crippen molar-refractivity contribution in [3.05, 3.63) is 39.4 Å². The highest BCUT2D eigenvalue weighted by atomic mass is 35.5. The first-order valence-electron chi connectivity index (χ1n) is 4.36. The van der Waals surface area contributed by atoms with Crippen LogP contribution >= 0.6 is 11.6 Å². The third kappa shape index (κ3) is 2.93. The topological polar surface area (TPSA) is 66.9 Å². The van der Waals surface area contributed by atoms with E-state index in [1.54, 1.807) is 12.1 Å². The van der Waals surface area contributed by atoms with Crippen LogP contribution in [-0.4, -0.2) is 10.3 Å². The molecule has 78 valence electrons. The minimum Gasteiger partial charge on any atom is -0.258 e. The number of hydrogen-bond donors (Lipinski definition) is 0. The molecule has 4 nitrogen and oxygen atoms in total. The fourth-order valence-electron chi connectivity index (χ4n) is 1.28. The molecule has 0 fully saturated rings. The van der Waals surface area contributed by atoms with E-state index in [2.05, 4.69) is 0 Å². The highest BCUT2D eigenvalue weighted by Gasteiger charge is 2.13. The van der Waals surface area contributed by atoms with E-state index < -0.39 is 4.92 Å². The number of nitriles is 1. The number of nitrogens with zero attached hydrogens (tertiary/aromatic N) is 2. The van der Waals surface area contributed by atoms with Gasteiger partial charge in [-0.15, -0.1) is 11.6 Å². The zero-order chi connectivity index (χ0) is 11.4. The Labute approximate surface area is 92.2 Å². The average Bonchev–Trinajstić information content (AvgIpc) is 2.16. The van der Waals surface area contributed by atoms with Crippen LogP contribution < -0.4 is 0 Å². The van der Waals surface area contributed by atoms with Crippen LogP contribution in [-0.2, 0) is 6.42 Å². The largest absolute Gasteiger partial charge is 0.287 e. The summed E-state index contributed by atoms with van der Waals surface area (Å²) in [6.07, 6.45) is 0.591. The molecule has 1 aromatic carbocycles. The number of nitro benzene ring substituents is 1. The highest BCUT2D eigenvalue weighted by molar-refractivity contribution is 6.20. The van der Waals surface area contributed by atoms with Gasteiger partial charge in [0.05, 0.1) is 4.92 Å². The van der Waals surface area contributed by atoms with Gasteiger partial charge in [0.15, 0.2) is 0 Å². The lowest BCUT2D eigenvalue weighted by atomic mass is 10.1. The van der Waals surface area contributed by atoms with Crippen LogP contribution in [0.2, 0.25) is 0 Å². The summed E-state index contributed by atoms with van der Waals surface area (Å²) in [5.74, 6) is 0. The van der Waals surface area contributed by atoms with Crippen LogP contribution in [0.15, 0.2) is 18.2 Å². The van der Waals surface area contributed by atoms with Crippen LogP contribution in [0, 0.1) is 21.4 Å². The second kappa shape index (κ2) is 4.76. The second-order valence-electron chi connectivity index (χ2n) is 3.21. The Kier molecular flexibility index (Phi) is 3.64. The van der Waals surface area contributed by atoms with E-state index in [0.717, 1.165) is 5.56 Å². The van der Waals surface area contributed by atoms with Crippen LogP contribution in [0.4, 0.5) is 5.69 Å². The number of benzene rings is 1. The van der Waals surface area contributed by atoms with Gasteiger partial charge in [-0.25, -0.2) is 0 Å². The van der Waals surface area contributed by atoms with E-state index in [1.807, 2.05) is 6.92 Å². The molecule has 15 heavy (non-hydrogen) atoms. The quantitative estimate of drug-likeness (QED) is 0.450. The van der Waals surface area contributed by atoms with Gasteiger partial charge in [0.1, 0.15) is 11.6 Å². The molecule has 0 amide bonds. The van der Waals surface area contributed by atoms with Gasteiger partial charge in [-0.3, -0.25) is 10.1 Å². The Morgan fingerprint density at radius 3 is 2.80 bits per heavy atom. The number of alkyl halides is 1. The Bertz CT molecular complexity index is 424. The summed E-state index contributed by atoms with van der Waals surface area (Å²) in [6.45, 7) is 1.83. The molecule has 0 aromatic heterocycles. The molecule has 1 unspecified atom stereocenters. The number of nitro groups is 1. The molecule has 0 N–H and O–H groups in total. The third-order valence-corrected chi connectivity index (χ3v) is 2.05. The molecule has 0 aliphatic rings. The Hall–Kier alpha value is -1.60. The molecule has 0 heterocycles. The summed E-state index contributed by atoms with van der Waals surface area (Å²) in [4.78, 5) is 9.98. The standard InChI is InChI=1S/C10H9ClN2O2/c1-7(11)4-8-2-3-10(13(14)15)9(5-8)6-12/h2-3,5,7H,4H2,1H3. The number of halogens is 1. The predicted molar refractivity (Wildman–Crippen MR) is 56.8 cm³/mol. The van der Waals surface area contributed by atoms with Crippen LogP contribution in [0.25, 0.3) is 0 Å². The van der Waals surface area contributed by atoms with Gasteiger partial charge < -0.3 is 0 Å². The molecule has 0 saturated carbocycles. The van der Waals surface area contributed by atoms with Crippen molar-refractivity contribution in [1.29, 1.82) is 5.26 Å². The van der Waals surface area contributed by atoms with Crippen LogP contribution in [0.3, 0.4) is 0 Å². The lowest BCUT2D eigenvalue weighted by Gasteiger charge is -2.03. The fourth-order valence-corrected chi connectivity index (χ4v) is 1.46. The molecule has 0 spiro atoms. The van der Waals surface area contributed by atoms with E-state index in [4.69, 9.17) is 16.9 Å². The van der Waals surface area contributed by atoms with E-state index in [-0.39, 0.29) is 16.6 Å². The molecular weight excluding hydrogens is 216 g/mol. The van der Waals surface area contributed by atoms with Crippen molar-refractivity contribution < 1.29 is 4.92 Å². The molecule has 0 bridgehead atoms. The maximum Gasteiger partial charge on any atom is 0.287 e. The van der Waals surface area contributed by atoms with Gasteiger partial charge in [0.25, 0.3) is 5.69 Å². The van der Waals surface area contributed by atoms with Crippen molar-refractivity contribution in [2.75, 3.05) is 0 Å². The van der Waals surface area contributed by atoms with Crippen molar-refractivity contribution in [3.8, 4) is 6.07 Å². The molecule has 0 aliphatic heterocycles. The van der Waals surface area contributed by atoms with Gasteiger partial charge in [-0.05, 0) is 25.0 Å². The second-order valence-corrected chi connectivity index (χ2v) is 3.95. The lowest BCUT2D eigenvalue weighted by Crippen LogP contribution is -1.99. The normalized spacial score (nSPS) is 11.8. The van der Waals surface area contributed by atoms with Gasteiger partial charge in [0, 0.05) is 11.4 Å². The van der Waals surface area contributed by atoms with Gasteiger partial charge in [-0.2, -0.15) is 5.26 Å². The number of rotatable bonds is 3. The molecule has 0 aliphatic carbocycles. The Morgan fingerprint density at radius 2 is 2.33 bits per heavy atom. The van der Waals surface area contributed by atoms with Gasteiger partial charge in [-0.1, -0.05) is 6.07 Å². The fraction of sp³-hybridized carbons (Fsp3) is 0.300.